The number of hydrazine groups is 1. The van der Waals surface area contributed by atoms with Gasteiger partial charge in [0.2, 0.25) is 0 Å². The summed E-state index contributed by atoms with van der Waals surface area (Å²) in [4.78, 5) is 29.3. The maximum Gasteiger partial charge on any atom is 0.269 e. The van der Waals surface area contributed by atoms with E-state index in [-0.39, 0.29) is 16.7 Å². The Morgan fingerprint density at radius 1 is 1.13 bits per heavy atom. The molecule has 31 heavy (non-hydrogen) atoms. The van der Waals surface area contributed by atoms with Crippen LogP contribution in [0.3, 0.4) is 0 Å². The molecule has 3 rings (SSSR count). The first-order valence-corrected chi connectivity index (χ1v) is 10.7. The number of rotatable bonds is 7. The van der Waals surface area contributed by atoms with Crippen LogP contribution in [0, 0.1) is 0 Å². The molecule has 0 spiro atoms. The summed E-state index contributed by atoms with van der Waals surface area (Å²) < 4.78 is 11.9. The third-order valence-corrected chi connectivity index (χ3v) is 5.42. The zero-order valence-corrected chi connectivity index (χ0v) is 19.1. The molecular formula is C21H23ClN4O4S. The smallest absolute Gasteiger partial charge is 0.269 e. The molecule has 0 aliphatic heterocycles. The average Bonchev–Trinajstić information content (AvgIpc) is 3.14. The Morgan fingerprint density at radius 3 is 2.55 bits per heavy atom. The van der Waals surface area contributed by atoms with Crippen LogP contribution in [0.4, 0.5) is 5.13 Å². The van der Waals surface area contributed by atoms with Gasteiger partial charge in [0.25, 0.3) is 11.8 Å². The highest BCUT2D eigenvalue weighted by molar-refractivity contribution is 7.22. The van der Waals surface area contributed by atoms with Crippen LogP contribution in [0.5, 0.6) is 11.5 Å². The van der Waals surface area contributed by atoms with Gasteiger partial charge in [-0.15, -0.1) is 0 Å². The van der Waals surface area contributed by atoms with Gasteiger partial charge in [0.15, 0.2) is 16.6 Å². The molecule has 8 nitrogen and oxygen atoms in total. The number of nitrogens with zero attached hydrogens (tertiary/aromatic N) is 1. The number of thiazole rings is 1. The lowest BCUT2D eigenvalue weighted by molar-refractivity contribution is -0.122. The van der Waals surface area contributed by atoms with E-state index in [2.05, 4.69) is 21.2 Å². The highest BCUT2D eigenvalue weighted by Crippen LogP contribution is 2.37. The van der Waals surface area contributed by atoms with Crippen LogP contribution in [-0.4, -0.2) is 36.1 Å². The minimum absolute atomic E-state index is 0.116. The second-order valence-electron chi connectivity index (χ2n) is 6.95. The van der Waals surface area contributed by atoms with Crippen molar-refractivity contribution in [2.45, 2.75) is 32.9 Å². The monoisotopic (exact) mass is 462 g/mol. The summed E-state index contributed by atoms with van der Waals surface area (Å²) in [5.41, 5.74) is 5.85. The molecule has 0 radical (unpaired) electrons. The van der Waals surface area contributed by atoms with Gasteiger partial charge in [0.05, 0.1) is 28.5 Å². The third-order valence-electron chi connectivity index (χ3n) is 4.17. The predicted octanol–water partition coefficient (Wildman–Crippen LogP) is 4.01. The van der Waals surface area contributed by atoms with Crippen LogP contribution < -0.4 is 25.6 Å². The molecule has 1 heterocycles. The van der Waals surface area contributed by atoms with E-state index >= 15 is 0 Å². The minimum Gasteiger partial charge on any atom is -0.493 e. The standard InChI is InChI=1S/C21H23ClN4O4S/c1-11(2)30-18-14(22)9-13(10-16(18)29-4)20(28)26-25-19(27)12(3)23-21-24-15-7-5-6-8-17(15)31-21/h5-12H,1-4H3,(H,23,24)(H,25,27)(H,26,28). The van der Waals surface area contributed by atoms with E-state index in [9.17, 15) is 9.59 Å². The molecule has 2 aromatic carbocycles. The Bertz CT molecular complexity index is 1070. The lowest BCUT2D eigenvalue weighted by Crippen LogP contribution is -2.47. The van der Waals surface area contributed by atoms with Crippen molar-refractivity contribution in [1.82, 2.24) is 15.8 Å². The normalized spacial score (nSPS) is 11.8. The van der Waals surface area contributed by atoms with E-state index in [1.165, 1.54) is 30.6 Å². The molecule has 0 fully saturated rings. The number of halogens is 1. The van der Waals surface area contributed by atoms with Crippen LogP contribution in [0.2, 0.25) is 5.02 Å². The lowest BCUT2D eigenvalue weighted by Gasteiger charge is -2.17. The number of carbonyl (C=O) groups is 2. The molecule has 1 aromatic heterocycles. The van der Waals surface area contributed by atoms with E-state index in [1.807, 2.05) is 38.1 Å². The number of methoxy groups -OCH3 is 1. The summed E-state index contributed by atoms with van der Waals surface area (Å²) in [6.07, 6.45) is -0.116. The molecule has 1 atom stereocenters. The first-order chi connectivity index (χ1) is 14.8. The molecule has 0 aliphatic rings. The summed E-state index contributed by atoms with van der Waals surface area (Å²) in [6, 6.07) is 10.0. The zero-order valence-electron chi connectivity index (χ0n) is 17.5. The maximum atomic E-state index is 12.5. The van der Waals surface area contributed by atoms with Gasteiger partial charge in [-0.3, -0.25) is 20.4 Å². The summed E-state index contributed by atoms with van der Waals surface area (Å²) in [6.45, 7) is 5.39. The predicted molar refractivity (Wildman–Crippen MR) is 122 cm³/mol. The Kier molecular flexibility index (Phi) is 7.19. The van der Waals surface area contributed by atoms with Gasteiger partial charge in [0.1, 0.15) is 6.04 Å². The number of fused-ring (bicyclic) bond motifs is 1. The third kappa shape index (κ3) is 5.56. The van der Waals surface area contributed by atoms with Crippen molar-refractivity contribution in [3.8, 4) is 11.5 Å². The van der Waals surface area contributed by atoms with Crippen molar-refractivity contribution in [2.24, 2.45) is 0 Å². The molecule has 10 heteroatoms. The molecule has 0 saturated heterocycles. The minimum atomic E-state index is -0.624. The van der Waals surface area contributed by atoms with Crippen LogP contribution in [0.25, 0.3) is 10.2 Å². The van der Waals surface area contributed by atoms with Crippen LogP contribution in [0.15, 0.2) is 36.4 Å². The van der Waals surface area contributed by atoms with Crippen LogP contribution in [0.1, 0.15) is 31.1 Å². The van der Waals surface area contributed by atoms with Gasteiger partial charge >= 0.3 is 0 Å². The van der Waals surface area contributed by atoms with E-state index in [0.29, 0.717) is 16.6 Å². The highest BCUT2D eigenvalue weighted by atomic mass is 35.5. The number of para-hydroxylation sites is 1. The van der Waals surface area contributed by atoms with Crippen molar-refractivity contribution in [3.05, 3.63) is 47.0 Å². The van der Waals surface area contributed by atoms with Crippen molar-refractivity contribution < 1.29 is 19.1 Å². The molecule has 3 N–H and O–H groups in total. The largest absolute Gasteiger partial charge is 0.493 e. The number of benzene rings is 2. The topological polar surface area (TPSA) is 102 Å². The fraction of sp³-hybridized carbons (Fsp3) is 0.286. The fourth-order valence-corrected chi connectivity index (χ4v) is 3.89. The van der Waals surface area contributed by atoms with Gasteiger partial charge in [-0.05, 0) is 45.0 Å². The molecule has 2 amide bonds. The summed E-state index contributed by atoms with van der Waals surface area (Å²) >= 11 is 7.70. The summed E-state index contributed by atoms with van der Waals surface area (Å²) in [5, 5.41) is 3.88. The number of anilines is 1. The Hall–Kier alpha value is -3.04. The van der Waals surface area contributed by atoms with Crippen molar-refractivity contribution in [3.63, 3.8) is 0 Å². The van der Waals surface area contributed by atoms with E-state index in [1.54, 1.807) is 6.92 Å². The quantitative estimate of drug-likeness (QED) is 0.458. The van der Waals surface area contributed by atoms with E-state index in [4.69, 9.17) is 21.1 Å². The van der Waals surface area contributed by atoms with Gasteiger partial charge in [0, 0.05) is 5.56 Å². The van der Waals surface area contributed by atoms with Crippen LogP contribution in [-0.2, 0) is 4.79 Å². The Labute approximate surface area is 188 Å². The van der Waals surface area contributed by atoms with Gasteiger partial charge in [-0.2, -0.15) is 0 Å². The second-order valence-corrected chi connectivity index (χ2v) is 8.39. The molecule has 164 valence electrons. The van der Waals surface area contributed by atoms with E-state index in [0.717, 1.165) is 10.2 Å². The van der Waals surface area contributed by atoms with Gasteiger partial charge in [-0.1, -0.05) is 35.1 Å². The molecule has 3 aromatic rings. The lowest BCUT2D eigenvalue weighted by atomic mass is 10.2. The first-order valence-electron chi connectivity index (χ1n) is 9.55. The SMILES string of the molecule is COc1cc(C(=O)NNC(=O)C(C)Nc2nc3ccccc3s2)cc(Cl)c1OC(C)C. The van der Waals surface area contributed by atoms with Crippen molar-refractivity contribution in [2.75, 3.05) is 12.4 Å². The Balaban J connectivity index is 1.61. The fourth-order valence-electron chi connectivity index (χ4n) is 2.68. The molecule has 0 saturated carbocycles. The molecule has 1 unspecified atom stereocenters. The van der Waals surface area contributed by atoms with E-state index < -0.39 is 17.9 Å². The Morgan fingerprint density at radius 2 is 1.87 bits per heavy atom. The second kappa shape index (κ2) is 9.84. The first kappa shape index (κ1) is 22.6. The average molecular weight is 463 g/mol. The number of hydrogen-bond acceptors (Lipinski definition) is 7. The molecule has 0 aliphatic carbocycles. The number of ether oxygens (including phenoxy) is 2. The van der Waals surface area contributed by atoms with Gasteiger partial charge < -0.3 is 14.8 Å². The summed E-state index contributed by atoms with van der Waals surface area (Å²) in [5.74, 6) is -0.292. The number of aromatic nitrogens is 1. The van der Waals surface area contributed by atoms with Gasteiger partial charge in [-0.25, -0.2) is 4.98 Å². The summed E-state index contributed by atoms with van der Waals surface area (Å²) in [7, 11) is 1.46. The molecule has 0 bridgehead atoms. The maximum absolute atomic E-state index is 12.5. The number of amides is 2. The van der Waals surface area contributed by atoms with Crippen molar-refractivity contribution >= 4 is 50.1 Å². The van der Waals surface area contributed by atoms with Crippen LogP contribution >= 0.6 is 22.9 Å². The molecular weight excluding hydrogens is 440 g/mol. The highest BCUT2D eigenvalue weighted by Gasteiger charge is 2.19. The number of carbonyl (C=O) groups excluding carboxylic acids is 2. The number of hydrogen-bond donors (Lipinski definition) is 3. The zero-order chi connectivity index (χ0) is 22.5. The van der Waals surface area contributed by atoms with Crippen molar-refractivity contribution in [1.29, 1.82) is 0 Å². The number of nitrogens with one attached hydrogen (secondary N) is 3.